The predicted octanol–water partition coefficient (Wildman–Crippen LogP) is 2.51. The molecule has 3 unspecified atom stereocenters. The van der Waals surface area contributed by atoms with Crippen LogP contribution in [0.15, 0.2) is 42.5 Å². The van der Waals surface area contributed by atoms with Crippen molar-refractivity contribution in [2.45, 2.75) is 58.7 Å². The summed E-state index contributed by atoms with van der Waals surface area (Å²) in [5, 5.41) is 3.23. The molecule has 8 heteroatoms. The lowest BCUT2D eigenvalue weighted by atomic mass is 9.90. The van der Waals surface area contributed by atoms with Crippen molar-refractivity contribution in [3.63, 3.8) is 0 Å². The van der Waals surface area contributed by atoms with Gasteiger partial charge in [-0.25, -0.2) is 9.59 Å². The summed E-state index contributed by atoms with van der Waals surface area (Å²) in [5.41, 5.74) is -0.560. The zero-order chi connectivity index (χ0) is 23.7. The number of carbonyl (C=O) groups excluding carboxylic acids is 3. The summed E-state index contributed by atoms with van der Waals surface area (Å²) in [4.78, 5) is 36.4. The molecule has 1 heterocycles. The molecular weight excluding hydrogens is 414 g/mol. The predicted molar refractivity (Wildman–Crippen MR) is 118 cm³/mol. The third-order valence-corrected chi connectivity index (χ3v) is 4.73. The summed E-state index contributed by atoms with van der Waals surface area (Å²) in [6.07, 6.45) is -0.0516. The van der Waals surface area contributed by atoms with E-state index in [-0.39, 0.29) is 31.0 Å². The minimum atomic E-state index is -1.26. The van der Waals surface area contributed by atoms with Gasteiger partial charge in [0.15, 0.2) is 17.6 Å². The molecule has 1 fully saturated rings. The molecule has 0 amide bonds. The number of hydrogen-bond acceptors (Lipinski definition) is 8. The fraction of sp³-hybridized carbons (Fsp3) is 0.542. The van der Waals surface area contributed by atoms with Crippen LogP contribution in [0.25, 0.3) is 0 Å². The van der Waals surface area contributed by atoms with Crippen molar-refractivity contribution >= 4 is 17.7 Å². The highest BCUT2D eigenvalue weighted by Gasteiger charge is 2.49. The Morgan fingerprint density at radius 1 is 1.09 bits per heavy atom. The molecule has 0 spiro atoms. The molecule has 1 aromatic rings. The Kier molecular flexibility index (Phi) is 9.56. The maximum absolute atomic E-state index is 12.6. The highest BCUT2D eigenvalue weighted by Crippen LogP contribution is 2.35. The number of benzene rings is 1. The van der Waals surface area contributed by atoms with Gasteiger partial charge in [0.2, 0.25) is 0 Å². The van der Waals surface area contributed by atoms with E-state index in [1.165, 1.54) is 6.92 Å². The van der Waals surface area contributed by atoms with E-state index in [0.717, 1.165) is 12.2 Å². The SMILES string of the molecule is CC(=O)C1COCC(c2ccccc2)(C(NCC(C)C)OC(=O)/C=C\C(=O)OC(C)C)O1. The van der Waals surface area contributed by atoms with Gasteiger partial charge in [-0.05, 0) is 32.3 Å². The van der Waals surface area contributed by atoms with Crippen LogP contribution in [0.1, 0.15) is 40.2 Å². The van der Waals surface area contributed by atoms with Crippen molar-refractivity contribution < 1.29 is 33.3 Å². The van der Waals surface area contributed by atoms with Gasteiger partial charge >= 0.3 is 11.9 Å². The minimum Gasteiger partial charge on any atom is -0.460 e. The molecule has 1 aromatic carbocycles. The number of ketones is 1. The Labute approximate surface area is 189 Å². The molecule has 32 heavy (non-hydrogen) atoms. The quantitative estimate of drug-likeness (QED) is 0.332. The molecule has 0 bridgehead atoms. The number of nitrogens with one attached hydrogen (secondary N) is 1. The second-order valence-corrected chi connectivity index (χ2v) is 8.43. The van der Waals surface area contributed by atoms with Gasteiger partial charge in [-0.1, -0.05) is 44.2 Å². The molecule has 0 aliphatic carbocycles. The summed E-state index contributed by atoms with van der Waals surface area (Å²) >= 11 is 0. The molecular formula is C24H33NO7. The topological polar surface area (TPSA) is 100 Å². The van der Waals surface area contributed by atoms with E-state index in [4.69, 9.17) is 18.9 Å². The van der Waals surface area contributed by atoms with Crippen LogP contribution in [0.2, 0.25) is 0 Å². The zero-order valence-electron chi connectivity index (χ0n) is 19.3. The van der Waals surface area contributed by atoms with Crippen LogP contribution in [0.3, 0.4) is 0 Å². The third kappa shape index (κ3) is 7.25. The third-order valence-electron chi connectivity index (χ3n) is 4.73. The largest absolute Gasteiger partial charge is 0.460 e. The summed E-state index contributed by atoms with van der Waals surface area (Å²) in [5.74, 6) is -1.34. The summed E-state index contributed by atoms with van der Waals surface area (Å²) in [7, 11) is 0. The molecule has 176 valence electrons. The summed E-state index contributed by atoms with van der Waals surface area (Å²) in [6.45, 7) is 9.59. The Morgan fingerprint density at radius 3 is 2.28 bits per heavy atom. The van der Waals surface area contributed by atoms with E-state index in [2.05, 4.69) is 5.32 Å². The summed E-state index contributed by atoms with van der Waals surface area (Å²) < 4.78 is 22.7. The van der Waals surface area contributed by atoms with Crippen LogP contribution in [-0.4, -0.2) is 55.9 Å². The van der Waals surface area contributed by atoms with Gasteiger partial charge in [-0.15, -0.1) is 0 Å². The number of hydrogen-bond donors (Lipinski definition) is 1. The number of Topliss-reactive ketones (excluding diaryl/α,β-unsaturated/α-hetero) is 1. The van der Waals surface area contributed by atoms with Crippen LogP contribution in [0, 0.1) is 5.92 Å². The maximum Gasteiger partial charge on any atom is 0.332 e. The first-order valence-electron chi connectivity index (χ1n) is 10.8. The molecule has 8 nitrogen and oxygen atoms in total. The van der Waals surface area contributed by atoms with E-state index in [0.29, 0.717) is 12.1 Å². The fourth-order valence-corrected chi connectivity index (χ4v) is 3.21. The van der Waals surface area contributed by atoms with E-state index in [1.807, 2.05) is 44.2 Å². The zero-order valence-corrected chi connectivity index (χ0v) is 19.3. The normalized spacial score (nSPS) is 22.2. The lowest BCUT2D eigenvalue weighted by molar-refractivity contribution is -0.248. The molecule has 1 aliphatic heterocycles. The summed E-state index contributed by atoms with van der Waals surface area (Å²) in [6, 6.07) is 9.19. The van der Waals surface area contributed by atoms with Gasteiger partial charge in [0.25, 0.3) is 0 Å². The van der Waals surface area contributed by atoms with Gasteiger partial charge in [-0.3, -0.25) is 10.1 Å². The van der Waals surface area contributed by atoms with Gasteiger partial charge in [0.1, 0.15) is 6.10 Å². The number of ether oxygens (including phenoxy) is 4. The van der Waals surface area contributed by atoms with Crippen molar-refractivity contribution in [1.29, 1.82) is 0 Å². The molecule has 1 saturated heterocycles. The number of carbonyl (C=O) groups is 3. The fourth-order valence-electron chi connectivity index (χ4n) is 3.21. The first-order chi connectivity index (χ1) is 15.1. The Bertz CT molecular complexity index is 806. The van der Waals surface area contributed by atoms with E-state index in [1.54, 1.807) is 13.8 Å². The van der Waals surface area contributed by atoms with E-state index >= 15 is 0 Å². The van der Waals surface area contributed by atoms with Gasteiger partial charge < -0.3 is 18.9 Å². The van der Waals surface area contributed by atoms with Crippen molar-refractivity contribution in [3.8, 4) is 0 Å². The van der Waals surface area contributed by atoms with Crippen molar-refractivity contribution in [3.05, 3.63) is 48.0 Å². The average Bonchev–Trinajstić information content (AvgIpc) is 2.75. The van der Waals surface area contributed by atoms with E-state index < -0.39 is 29.9 Å². The molecule has 0 radical (unpaired) electrons. The molecule has 1 aliphatic rings. The minimum absolute atomic E-state index is 0.0724. The van der Waals surface area contributed by atoms with Gasteiger partial charge in [-0.2, -0.15) is 0 Å². The first kappa shape index (κ1) is 25.7. The number of esters is 2. The van der Waals surface area contributed by atoms with Crippen LogP contribution in [0.4, 0.5) is 0 Å². The van der Waals surface area contributed by atoms with Crippen molar-refractivity contribution in [2.75, 3.05) is 19.8 Å². The van der Waals surface area contributed by atoms with Crippen molar-refractivity contribution in [2.24, 2.45) is 5.92 Å². The van der Waals surface area contributed by atoms with Crippen LogP contribution < -0.4 is 5.32 Å². The van der Waals surface area contributed by atoms with Crippen LogP contribution in [0.5, 0.6) is 0 Å². The molecule has 0 saturated carbocycles. The highest BCUT2D eigenvalue weighted by atomic mass is 16.6. The monoisotopic (exact) mass is 447 g/mol. The molecule has 2 rings (SSSR count). The Balaban J connectivity index is 2.36. The lowest BCUT2D eigenvalue weighted by Gasteiger charge is -2.45. The smallest absolute Gasteiger partial charge is 0.332 e. The Hall–Kier alpha value is -2.55. The van der Waals surface area contributed by atoms with E-state index in [9.17, 15) is 14.4 Å². The molecule has 0 aromatic heterocycles. The van der Waals surface area contributed by atoms with Crippen molar-refractivity contribution in [1.82, 2.24) is 5.32 Å². The average molecular weight is 448 g/mol. The number of rotatable bonds is 10. The van der Waals surface area contributed by atoms with Crippen LogP contribution in [-0.2, 0) is 38.9 Å². The first-order valence-corrected chi connectivity index (χ1v) is 10.8. The van der Waals surface area contributed by atoms with Gasteiger partial charge in [0, 0.05) is 18.7 Å². The van der Waals surface area contributed by atoms with Gasteiger partial charge in [0.05, 0.1) is 19.3 Å². The lowest BCUT2D eigenvalue weighted by Crippen LogP contribution is -2.60. The van der Waals surface area contributed by atoms with Crippen LogP contribution >= 0.6 is 0 Å². The second-order valence-electron chi connectivity index (χ2n) is 8.43. The standard InChI is InChI=1S/C24H33NO7/c1-16(2)13-25-23(31-22(28)12-11-21(27)30-17(3)4)24(19-9-7-6-8-10-19)15-29-14-20(32-24)18(5)26/h6-12,16-17,20,23,25H,13-15H2,1-5H3/b12-11-. The maximum atomic E-state index is 12.6. The Morgan fingerprint density at radius 2 is 1.72 bits per heavy atom. The molecule has 1 N–H and O–H groups in total. The molecule has 3 atom stereocenters. The second kappa shape index (κ2) is 11.9. The highest BCUT2D eigenvalue weighted by molar-refractivity contribution is 5.91.